The highest BCUT2D eigenvalue weighted by Crippen LogP contribution is 2.11. The van der Waals surface area contributed by atoms with Crippen LogP contribution in [0.15, 0.2) is 12.3 Å². The van der Waals surface area contributed by atoms with Gasteiger partial charge in [-0.05, 0) is 26.3 Å². The van der Waals surface area contributed by atoms with Gasteiger partial charge in [-0.15, -0.1) is 0 Å². The van der Waals surface area contributed by atoms with E-state index in [1.54, 1.807) is 0 Å². The van der Waals surface area contributed by atoms with Gasteiger partial charge in [0.25, 0.3) is 0 Å². The second-order valence-corrected chi connectivity index (χ2v) is 3.23. The summed E-state index contributed by atoms with van der Waals surface area (Å²) in [6.07, 6.45) is 3.00. The first kappa shape index (κ1) is 10.8. The number of hydrogen-bond donors (Lipinski definition) is 0. The van der Waals surface area contributed by atoms with E-state index >= 15 is 0 Å². The first-order valence-corrected chi connectivity index (χ1v) is 5.03. The summed E-state index contributed by atoms with van der Waals surface area (Å²) in [4.78, 5) is 11.4. The summed E-state index contributed by atoms with van der Waals surface area (Å²) in [6.45, 7) is 7.25. The largest absolute Gasteiger partial charge is 0.462 e. The molecule has 0 saturated heterocycles. The number of hydrogen-bond acceptors (Lipinski definition) is 2. The van der Waals surface area contributed by atoms with E-state index in [1.165, 1.54) is 0 Å². The van der Waals surface area contributed by atoms with Crippen molar-refractivity contribution >= 4 is 5.97 Å². The van der Waals surface area contributed by atoms with Gasteiger partial charge in [0.1, 0.15) is 0 Å². The van der Waals surface area contributed by atoms with Crippen molar-refractivity contribution in [2.75, 3.05) is 6.61 Å². The summed E-state index contributed by atoms with van der Waals surface area (Å²) in [5.41, 5.74) is 1.67. The molecule has 1 aromatic rings. The molecule has 1 aromatic heterocycles. The molecule has 0 aliphatic rings. The molecule has 0 aliphatic heterocycles. The van der Waals surface area contributed by atoms with Crippen molar-refractivity contribution in [1.82, 2.24) is 4.57 Å². The zero-order valence-corrected chi connectivity index (χ0v) is 9.04. The Labute approximate surface area is 84.7 Å². The minimum absolute atomic E-state index is 0.222. The number of ether oxygens (including phenoxy) is 1. The van der Waals surface area contributed by atoms with Gasteiger partial charge in [0.15, 0.2) is 0 Å². The number of aryl methyl sites for hydroxylation is 1. The zero-order chi connectivity index (χ0) is 10.6. The number of esters is 1. The van der Waals surface area contributed by atoms with Crippen LogP contribution in [-0.2, 0) is 11.3 Å². The molecule has 0 unspecified atom stereocenters. The lowest BCUT2D eigenvalue weighted by atomic mass is 10.2. The number of carbonyl (C=O) groups excluding carboxylic acids is 1. The van der Waals surface area contributed by atoms with Gasteiger partial charge in [0, 0.05) is 18.4 Å². The highest BCUT2D eigenvalue weighted by Gasteiger charge is 2.12. The molecule has 0 amide bonds. The monoisotopic (exact) mass is 195 g/mol. The first-order valence-electron chi connectivity index (χ1n) is 5.03. The minimum Gasteiger partial charge on any atom is -0.462 e. The van der Waals surface area contributed by atoms with Crippen molar-refractivity contribution < 1.29 is 9.53 Å². The topological polar surface area (TPSA) is 31.2 Å². The molecule has 0 fully saturated rings. The van der Waals surface area contributed by atoms with Crippen molar-refractivity contribution in [3.63, 3.8) is 0 Å². The predicted molar refractivity (Wildman–Crippen MR) is 55.4 cm³/mol. The Balaban J connectivity index is 2.83. The van der Waals surface area contributed by atoms with Crippen LogP contribution in [0, 0.1) is 6.92 Å². The van der Waals surface area contributed by atoms with E-state index in [9.17, 15) is 4.79 Å². The lowest BCUT2D eigenvalue weighted by Gasteiger charge is -2.05. The molecular weight excluding hydrogens is 178 g/mol. The van der Waals surface area contributed by atoms with Crippen molar-refractivity contribution in [3.8, 4) is 0 Å². The maximum atomic E-state index is 11.4. The Kier molecular flexibility index (Phi) is 3.74. The Morgan fingerprint density at radius 3 is 2.79 bits per heavy atom. The first-order chi connectivity index (χ1) is 6.70. The van der Waals surface area contributed by atoms with E-state index in [1.807, 2.05) is 26.1 Å². The molecule has 3 nitrogen and oxygen atoms in total. The van der Waals surface area contributed by atoms with E-state index in [0.29, 0.717) is 12.2 Å². The zero-order valence-electron chi connectivity index (χ0n) is 9.04. The Bertz CT molecular complexity index is 315. The molecule has 1 heterocycles. The quantitative estimate of drug-likeness (QED) is 0.691. The van der Waals surface area contributed by atoms with Gasteiger partial charge < -0.3 is 9.30 Å². The Hall–Kier alpha value is -1.25. The lowest BCUT2D eigenvalue weighted by molar-refractivity contribution is 0.0525. The van der Waals surface area contributed by atoms with Crippen LogP contribution in [-0.4, -0.2) is 17.1 Å². The van der Waals surface area contributed by atoms with Crippen LogP contribution in [0.5, 0.6) is 0 Å². The minimum atomic E-state index is -0.222. The third-order valence-electron chi connectivity index (χ3n) is 2.20. The number of carbonyl (C=O) groups is 1. The van der Waals surface area contributed by atoms with Crippen LogP contribution < -0.4 is 0 Å². The van der Waals surface area contributed by atoms with Crippen LogP contribution in [0.1, 0.15) is 36.3 Å². The molecule has 0 aliphatic carbocycles. The molecule has 0 atom stereocenters. The maximum Gasteiger partial charge on any atom is 0.339 e. The lowest BCUT2D eigenvalue weighted by Crippen LogP contribution is -2.07. The molecular formula is C11H17NO2. The van der Waals surface area contributed by atoms with E-state index < -0.39 is 0 Å². The highest BCUT2D eigenvalue weighted by atomic mass is 16.5. The smallest absolute Gasteiger partial charge is 0.339 e. The average molecular weight is 195 g/mol. The maximum absolute atomic E-state index is 11.4. The molecule has 1 rings (SSSR count). The molecule has 3 heteroatoms. The number of nitrogens with zero attached hydrogens (tertiary/aromatic N) is 1. The number of rotatable bonds is 4. The molecule has 0 bridgehead atoms. The van der Waals surface area contributed by atoms with Crippen LogP contribution in [0.25, 0.3) is 0 Å². The SMILES string of the molecule is CCCn1ccc(C(=O)OCC)c1C. The summed E-state index contributed by atoms with van der Waals surface area (Å²) in [7, 11) is 0. The normalized spacial score (nSPS) is 10.2. The van der Waals surface area contributed by atoms with Gasteiger partial charge in [0.05, 0.1) is 12.2 Å². The molecule has 0 N–H and O–H groups in total. The summed E-state index contributed by atoms with van der Waals surface area (Å²) >= 11 is 0. The van der Waals surface area contributed by atoms with Crippen LogP contribution in [0.3, 0.4) is 0 Å². The van der Waals surface area contributed by atoms with Crippen molar-refractivity contribution in [2.45, 2.75) is 33.7 Å². The van der Waals surface area contributed by atoms with Gasteiger partial charge in [-0.25, -0.2) is 4.79 Å². The average Bonchev–Trinajstić information content (AvgIpc) is 2.49. The van der Waals surface area contributed by atoms with Crippen molar-refractivity contribution in [3.05, 3.63) is 23.5 Å². The molecule has 0 saturated carbocycles. The Morgan fingerprint density at radius 1 is 1.50 bits per heavy atom. The fraction of sp³-hybridized carbons (Fsp3) is 0.545. The molecule has 78 valence electrons. The van der Waals surface area contributed by atoms with Gasteiger partial charge in [-0.2, -0.15) is 0 Å². The second-order valence-electron chi connectivity index (χ2n) is 3.23. The summed E-state index contributed by atoms with van der Waals surface area (Å²) < 4.78 is 7.02. The van der Waals surface area contributed by atoms with Crippen LogP contribution in [0.4, 0.5) is 0 Å². The van der Waals surface area contributed by atoms with Crippen LogP contribution in [0.2, 0.25) is 0 Å². The Morgan fingerprint density at radius 2 is 2.21 bits per heavy atom. The summed E-state index contributed by atoms with van der Waals surface area (Å²) in [5.74, 6) is -0.222. The van der Waals surface area contributed by atoms with Crippen molar-refractivity contribution in [2.24, 2.45) is 0 Å². The predicted octanol–water partition coefficient (Wildman–Crippen LogP) is 2.38. The van der Waals surface area contributed by atoms with E-state index in [-0.39, 0.29) is 5.97 Å². The van der Waals surface area contributed by atoms with Crippen molar-refractivity contribution in [1.29, 1.82) is 0 Å². The summed E-state index contributed by atoms with van der Waals surface area (Å²) in [5, 5.41) is 0. The third-order valence-corrected chi connectivity index (χ3v) is 2.20. The molecule has 0 spiro atoms. The summed E-state index contributed by atoms with van der Waals surface area (Å²) in [6, 6.07) is 1.82. The van der Waals surface area contributed by atoms with E-state index in [2.05, 4.69) is 11.5 Å². The van der Waals surface area contributed by atoms with Gasteiger partial charge in [0.2, 0.25) is 0 Å². The third kappa shape index (κ3) is 2.16. The molecule has 0 aromatic carbocycles. The van der Waals surface area contributed by atoms with Gasteiger partial charge >= 0.3 is 5.97 Å². The fourth-order valence-electron chi connectivity index (χ4n) is 1.46. The number of aromatic nitrogens is 1. The van der Waals surface area contributed by atoms with Gasteiger partial charge in [-0.3, -0.25) is 0 Å². The molecule has 14 heavy (non-hydrogen) atoms. The standard InChI is InChI=1S/C11H17NO2/c1-4-7-12-8-6-10(9(12)3)11(13)14-5-2/h6,8H,4-5,7H2,1-3H3. The fourth-order valence-corrected chi connectivity index (χ4v) is 1.46. The second kappa shape index (κ2) is 4.84. The molecule has 0 radical (unpaired) electrons. The van der Waals surface area contributed by atoms with E-state index in [0.717, 1.165) is 18.7 Å². The van der Waals surface area contributed by atoms with Gasteiger partial charge in [-0.1, -0.05) is 6.92 Å². The van der Waals surface area contributed by atoms with E-state index in [4.69, 9.17) is 4.74 Å². The van der Waals surface area contributed by atoms with Crippen LogP contribution >= 0.6 is 0 Å². The highest BCUT2D eigenvalue weighted by molar-refractivity contribution is 5.90.